The van der Waals surface area contributed by atoms with Crippen molar-refractivity contribution in [3.8, 4) is 0 Å². The number of carbonyl (C=O) groups excluding carboxylic acids is 2. The SMILES string of the molecule is CC(c1ccccc1Cl)N(C(=O)Cc1ccc(N2CCCC2=O)cc1)C1CC1. The number of amides is 2. The van der Waals surface area contributed by atoms with Crippen LogP contribution in [0.25, 0.3) is 0 Å². The molecule has 1 saturated heterocycles. The van der Waals surface area contributed by atoms with E-state index in [-0.39, 0.29) is 17.9 Å². The first-order valence-electron chi connectivity index (χ1n) is 9.99. The zero-order chi connectivity index (χ0) is 19.7. The number of carbonyl (C=O) groups is 2. The van der Waals surface area contributed by atoms with E-state index >= 15 is 0 Å². The van der Waals surface area contributed by atoms with Gasteiger partial charge in [-0.25, -0.2) is 0 Å². The summed E-state index contributed by atoms with van der Waals surface area (Å²) in [5, 5.41) is 0.702. The van der Waals surface area contributed by atoms with Gasteiger partial charge in [0, 0.05) is 29.7 Å². The first kappa shape index (κ1) is 19.0. The molecule has 2 amide bonds. The lowest BCUT2D eigenvalue weighted by molar-refractivity contribution is -0.133. The predicted molar refractivity (Wildman–Crippen MR) is 111 cm³/mol. The van der Waals surface area contributed by atoms with Gasteiger partial charge in [0.05, 0.1) is 12.5 Å². The van der Waals surface area contributed by atoms with E-state index in [2.05, 4.69) is 6.92 Å². The Morgan fingerprint density at radius 1 is 1.18 bits per heavy atom. The Balaban J connectivity index is 1.48. The highest BCUT2D eigenvalue weighted by atomic mass is 35.5. The van der Waals surface area contributed by atoms with Crippen LogP contribution in [0.15, 0.2) is 48.5 Å². The van der Waals surface area contributed by atoms with Crippen LogP contribution in [-0.2, 0) is 16.0 Å². The molecule has 1 aliphatic carbocycles. The molecule has 4 rings (SSSR count). The molecule has 5 heteroatoms. The largest absolute Gasteiger partial charge is 0.333 e. The monoisotopic (exact) mass is 396 g/mol. The summed E-state index contributed by atoms with van der Waals surface area (Å²) in [7, 11) is 0. The van der Waals surface area contributed by atoms with E-state index in [0.29, 0.717) is 23.9 Å². The molecule has 146 valence electrons. The van der Waals surface area contributed by atoms with Crippen LogP contribution in [0.1, 0.15) is 49.8 Å². The number of nitrogens with zero attached hydrogens (tertiary/aromatic N) is 2. The highest BCUT2D eigenvalue weighted by Gasteiger charge is 2.36. The molecule has 28 heavy (non-hydrogen) atoms. The molecule has 1 unspecified atom stereocenters. The lowest BCUT2D eigenvalue weighted by Crippen LogP contribution is -2.36. The van der Waals surface area contributed by atoms with Crippen LogP contribution in [0.4, 0.5) is 5.69 Å². The lowest BCUT2D eigenvalue weighted by Gasteiger charge is -2.30. The minimum absolute atomic E-state index is 0.0461. The maximum atomic E-state index is 13.1. The molecule has 1 saturated carbocycles. The summed E-state index contributed by atoms with van der Waals surface area (Å²) in [5.41, 5.74) is 2.88. The summed E-state index contributed by atoms with van der Waals surface area (Å²) in [5.74, 6) is 0.303. The van der Waals surface area contributed by atoms with Gasteiger partial charge in [-0.05, 0) is 55.5 Å². The number of hydrogen-bond acceptors (Lipinski definition) is 2. The molecule has 0 N–H and O–H groups in total. The Labute approximate surface area is 171 Å². The fourth-order valence-electron chi connectivity index (χ4n) is 4.03. The number of halogens is 1. The van der Waals surface area contributed by atoms with Gasteiger partial charge in [-0.3, -0.25) is 9.59 Å². The van der Waals surface area contributed by atoms with Crippen molar-refractivity contribution in [1.29, 1.82) is 0 Å². The fraction of sp³-hybridized carbons (Fsp3) is 0.391. The normalized spacial score (nSPS) is 17.6. The lowest BCUT2D eigenvalue weighted by atomic mass is 10.0. The summed E-state index contributed by atoms with van der Waals surface area (Å²) in [6.07, 6.45) is 4.00. The van der Waals surface area contributed by atoms with E-state index in [4.69, 9.17) is 11.6 Å². The van der Waals surface area contributed by atoms with E-state index in [1.807, 2.05) is 58.3 Å². The third-order valence-electron chi connectivity index (χ3n) is 5.68. The highest BCUT2D eigenvalue weighted by molar-refractivity contribution is 6.31. The molecule has 2 fully saturated rings. The van der Waals surface area contributed by atoms with Crippen LogP contribution in [0, 0.1) is 0 Å². The molecule has 2 aromatic carbocycles. The van der Waals surface area contributed by atoms with Gasteiger partial charge in [0.1, 0.15) is 0 Å². The van der Waals surface area contributed by atoms with E-state index < -0.39 is 0 Å². The van der Waals surface area contributed by atoms with Crippen molar-refractivity contribution >= 4 is 29.1 Å². The van der Waals surface area contributed by atoms with Gasteiger partial charge in [-0.2, -0.15) is 0 Å². The topological polar surface area (TPSA) is 40.6 Å². The molecule has 0 spiro atoms. The standard InChI is InChI=1S/C23H25ClN2O2/c1-16(20-5-2-3-6-21(20)24)26(19-12-13-19)23(28)15-17-8-10-18(11-9-17)25-14-4-7-22(25)27/h2-3,5-6,8-11,16,19H,4,7,12-15H2,1H3. The molecule has 1 heterocycles. The van der Waals surface area contributed by atoms with Crippen molar-refractivity contribution in [3.05, 3.63) is 64.7 Å². The molecule has 0 radical (unpaired) electrons. The fourth-order valence-corrected chi connectivity index (χ4v) is 4.33. The Kier molecular flexibility index (Phi) is 5.40. The number of rotatable bonds is 6. The molecular formula is C23H25ClN2O2. The summed E-state index contributed by atoms with van der Waals surface area (Å²) >= 11 is 6.37. The van der Waals surface area contributed by atoms with Crippen LogP contribution in [0.5, 0.6) is 0 Å². The van der Waals surface area contributed by atoms with Crippen LogP contribution in [0.3, 0.4) is 0 Å². The van der Waals surface area contributed by atoms with Crippen molar-refractivity contribution in [1.82, 2.24) is 4.90 Å². The highest BCUT2D eigenvalue weighted by Crippen LogP contribution is 2.37. The Hall–Kier alpha value is -2.33. The minimum atomic E-state index is -0.0461. The summed E-state index contributed by atoms with van der Waals surface area (Å²) < 4.78 is 0. The van der Waals surface area contributed by atoms with Gasteiger partial charge < -0.3 is 9.80 Å². The minimum Gasteiger partial charge on any atom is -0.333 e. The summed E-state index contributed by atoms with van der Waals surface area (Å²) in [6, 6.07) is 15.8. The second-order valence-electron chi connectivity index (χ2n) is 7.72. The van der Waals surface area contributed by atoms with Gasteiger partial charge in [-0.15, -0.1) is 0 Å². The van der Waals surface area contributed by atoms with Crippen molar-refractivity contribution in [2.24, 2.45) is 0 Å². The number of hydrogen-bond donors (Lipinski definition) is 0. The first-order valence-corrected chi connectivity index (χ1v) is 10.4. The molecule has 1 aliphatic heterocycles. The Morgan fingerprint density at radius 2 is 1.89 bits per heavy atom. The molecular weight excluding hydrogens is 372 g/mol. The Bertz CT molecular complexity index is 876. The zero-order valence-electron chi connectivity index (χ0n) is 16.1. The van der Waals surface area contributed by atoms with Crippen molar-refractivity contribution < 1.29 is 9.59 Å². The van der Waals surface area contributed by atoms with Gasteiger partial charge in [0.25, 0.3) is 0 Å². The van der Waals surface area contributed by atoms with Gasteiger partial charge in [0.15, 0.2) is 0 Å². The maximum absolute atomic E-state index is 13.1. The van der Waals surface area contributed by atoms with Gasteiger partial charge in [-0.1, -0.05) is 41.9 Å². The van der Waals surface area contributed by atoms with Crippen LogP contribution in [0.2, 0.25) is 5.02 Å². The number of anilines is 1. The van der Waals surface area contributed by atoms with E-state index in [0.717, 1.165) is 42.6 Å². The zero-order valence-corrected chi connectivity index (χ0v) is 16.9. The van der Waals surface area contributed by atoms with Crippen LogP contribution in [-0.4, -0.2) is 29.3 Å². The Morgan fingerprint density at radius 3 is 2.50 bits per heavy atom. The summed E-state index contributed by atoms with van der Waals surface area (Å²) in [6.45, 7) is 2.83. The second kappa shape index (κ2) is 7.96. The molecule has 2 aliphatic rings. The van der Waals surface area contributed by atoms with Crippen LogP contribution < -0.4 is 4.90 Å². The maximum Gasteiger partial charge on any atom is 0.227 e. The average Bonchev–Trinajstić information content (AvgIpc) is 3.42. The van der Waals surface area contributed by atoms with Crippen LogP contribution >= 0.6 is 11.6 Å². The summed E-state index contributed by atoms with van der Waals surface area (Å²) in [4.78, 5) is 28.9. The van der Waals surface area contributed by atoms with E-state index in [1.54, 1.807) is 0 Å². The van der Waals surface area contributed by atoms with Crippen molar-refractivity contribution in [2.45, 2.75) is 51.1 Å². The van der Waals surface area contributed by atoms with E-state index in [1.165, 1.54) is 0 Å². The van der Waals surface area contributed by atoms with E-state index in [9.17, 15) is 9.59 Å². The molecule has 0 bridgehead atoms. The van der Waals surface area contributed by atoms with Gasteiger partial charge >= 0.3 is 0 Å². The predicted octanol–water partition coefficient (Wildman–Crippen LogP) is 4.76. The molecule has 2 aromatic rings. The first-order chi connectivity index (χ1) is 13.5. The third-order valence-corrected chi connectivity index (χ3v) is 6.02. The third kappa shape index (κ3) is 3.93. The van der Waals surface area contributed by atoms with Crippen molar-refractivity contribution in [3.63, 3.8) is 0 Å². The molecule has 4 nitrogen and oxygen atoms in total. The number of benzene rings is 2. The van der Waals surface area contributed by atoms with Crippen molar-refractivity contribution in [2.75, 3.05) is 11.4 Å². The average molecular weight is 397 g/mol. The van der Waals surface area contributed by atoms with Gasteiger partial charge in [0.2, 0.25) is 11.8 Å². The second-order valence-corrected chi connectivity index (χ2v) is 8.13. The smallest absolute Gasteiger partial charge is 0.227 e. The molecule has 0 aromatic heterocycles. The quantitative estimate of drug-likeness (QED) is 0.706. The molecule has 1 atom stereocenters.